The molecule has 4 aromatic rings. The summed E-state index contributed by atoms with van der Waals surface area (Å²) in [5.74, 6) is -0.566. The zero-order chi connectivity index (χ0) is 59.0. The average molecular weight is 1160 g/mol. The lowest BCUT2D eigenvalue weighted by Crippen LogP contribution is -2.57. The van der Waals surface area contributed by atoms with E-state index in [2.05, 4.69) is 30.8 Å². The first-order chi connectivity index (χ1) is 40.1. The van der Waals surface area contributed by atoms with Crippen LogP contribution in [0.3, 0.4) is 0 Å². The van der Waals surface area contributed by atoms with Gasteiger partial charge < -0.3 is 59.6 Å². The number of ether oxygens (including phenoxy) is 4. The van der Waals surface area contributed by atoms with E-state index in [4.69, 9.17) is 18.9 Å². The van der Waals surface area contributed by atoms with E-state index < -0.39 is 29.5 Å². The van der Waals surface area contributed by atoms with Gasteiger partial charge in [-0.2, -0.15) is 0 Å². The molecule has 0 spiro atoms. The number of aliphatic hydroxyl groups is 1. The van der Waals surface area contributed by atoms with E-state index in [0.717, 1.165) is 78.1 Å². The lowest BCUT2D eigenvalue weighted by atomic mass is 9.85. The number of aryl methyl sites for hydroxylation is 1. The minimum Gasteiger partial charge on any atom is -0.391 e. The van der Waals surface area contributed by atoms with Crippen LogP contribution in [-0.2, 0) is 49.5 Å². The Kier molecular flexibility index (Phi) is 25.4. The fraction of sp³-hybridized carbons (Fsp3) is 0.548. The van der Waals surface area contributed by atoms with E-state index in [1.807, 2.05) is 104 Å². The summed E-state index contributed by atoms with van der Waals surface area (Å²) in [6.45, 7) is 14.9. The Morgan fingerprint density at radius 2 is 1.45 bits per heavy atom. The van der Waals surface area contributed by atoms with Gasteiger partial charge in [-0.3, -0.25) is 33.8 Å². The van der Waals surface area contributed by atoms with Gasteiger partial charge >= 0.3 is 0 Å². The number of hydrogen-bond acceptors (Lipinski definition) is 15. The van der Waals surface area contributed by atoms with Gasteiger partial charge in [-0.1, -0.05) is 63.9 Å². The Balaban J connectivity index is 0.663. The molecule has 83 heavy (non-hydrogen) atoms. The van der Waals surface area contributed by atoms with Gasteiger partial charge in [0.2, 0.25) is 29.5 Å². The number of benzene rings is 2. The lowest BCUT2D eigenvalue weighted by Gasteiger charge is -2.36. The van der Waals surface area contributed by atoms with Crippen LogP contribution in [0.4, 0.5) is 5.69 Å². The molecule has 0 saturated carbocycles. The third-order valence-corrected chi connectivity index (χ3v) is 16.2. The van der Waals surface area contributed by atoms with Gasteiger partial charge in [0, 0.05) is 101 Å². The highest BCUT2D eigenvalue weighted by atomic mass is 32.1. The van der Waals surface area contributed by atoms with Gasteiger partial charge in [-0.25, -0.2) is 4.98 Å². The molecule has 20 nitrogen and oxygen atoms in total. The van der Waals surface area contributed by atoms with Crippen LogP contribution in [0.1, 0.15) is 99.3 Å². The molecular formula is C62H85N9O11S. The Morgan fingerprint density at radius 3 is 2.07 bits per heavy atom. The zero-order valence-corrected chi connectivity index (χ0v) is 49.6. The van der Waals surface area contributed by atoms with Gasteiger partial charge in [-0.15, -0.1) is 11.3 Å². The van der Waals surface area contributed by atoms with Crippen LogP contribution in [0, 0.1) is 18.3 Å². The Hall–Kier alpha value is -6.62. The van der Waals surface area contributed by atoms with Gasteiger partial charge in [0.25, 0.3) is 5.91 Å². The van der Waals surface area contributed by atoms with Crippen molar-refractivity contribution in [2.45, 2.75) is 104 Å². The zero-order valence-electron chi connectivity index (χ0n) is 48.8. The topological polar surface area (TPSA) is 234 Å². The van der Waals surface area contributed by atoms with Crippen molar-refractivity contribution in [3.63, 3.8) is 0 Å². The van der Waals surface area contributed by atoms with Crippen molar-refractivity contribution in [2.75, 3.05) is 110 Å². The van der Waals surface area contributed by atoms with Gasteiger partial charge in [0.15, 0.2) is 0 Å². The molecule has 7 rings (SSSR count). The molecular weight excluding hydrogens is 1080 g/mol. The number of thiazole rings is 1. The number of anilines is 1. The summed E-state index contributed by atoms with van der Waals surface area (Å²) >= 11 is 1.57. The van der Waals surface area contributed by atoms with Crippen LogP contribution < -0.4 is 20.9 Å². The first-order valence-corrected chi connectivity index (χ1v) is 30.1. The Morgan fingerprint density at radius 1 is 0.783 bits per heavy atom. The smallest absolute Gasteiger partial charge is 0.253 e. The molecule has 450 valence electrons. The molecule has 0 radical (unpaired) electrons. The summed E-state index contributed by atoms with van der Waals surface area (Å²) in [6.07, 6.45) is 11.3. The van der Waals surface area contributed by atoms with Crippen molar-refractivity contribution in [3.05, 3.63) is 107 Å². The van der Waals surface area contributed by atoms with Crippen LogP contribution >= 0.6 is 11.3 Å². The number of nitrogens with one attached hydrogen (secondary N) is 3. The predicted molar refractivity (Wildman–Crippen MR) is 318 cm³/mol. The first-order valence-electron chi connectivity index (χ1n) is 29.3. The number of carbonyl (C=O) groups is 6. The number of carbonyl (C=O) groups excluding carboxylic acids is 6. The van der Waals surface area contributed by atoms with Crippen LogP contribution in [0.25, 0.3) is 16.5 Å². The summed E-state index contributed by atoms with van der Waals surface area (Å²) in [6, 6.07) is 17.6. The molecule has 3 fully saturated rings. The van der Waals surface area contributed by atoms with Crippen LogP contribution in [-0.4, -0.2) is 189 Å². The highest BCUT2D eigenvalue weighted by Gasteiger charge is 2.44. The molecule has 0 aliphatic carbocycles. The number of piperazine rings is 1. The second-order valence-corrected chi connectivity index (χ2v) is 23.3. The lowest BCUT2D eigenvalue weighted by molar-refractivity contribution is -0.144. The van der Waals surface area contributed by atoms with Gasteiger partial charge in [0.1, 0.15) is 12.1 Å². The molecule has 2 aromatic heterocycles. The summed E-state index contributed by atoms with van der Waals surface area (Å²) in [5, 5.41) is 19.3. The van der Waals surface area contributed by atoms with Gasteiger partial charge in [-0.05, 0) is 90.6 Å². The first kappa shape index (κ1) is 64.0. The summed E-state index contributed by atoms with van der Waals surface area (Å²) in [7, 11) is 0. The van der Waals surface area contributed by atoms with Gasteiger partial charge in [0.05, 0.1) is 81.5 Å². The minimum absolute atomic E-state index is 0.0113. The number of rotatable bonds is 30. The molecule has 21 heteroatoms. The third kappa shape index (κ3) is 20.6. The van der Waals surface area contributed by atoms with Crippen molar-refractivity contribution in [2.24, 2.45) is 11.3 Å². The summed E-state index contributed by atoms with van der Waals surface area (Å²) in [4.78, 5) is 95.8. The monoisotopic (exact) mass is 1160 g/mol. The number of aliphatic hydroxyl groups excluding tert-OH is 1. The van der Waals surface area contributed by atoms with E-state index in [1.165, 1.54) is 11.0 Å². The SMILES string of the molecule is Cc1ncsc1-c1ccc(CNC(=O)[C@@H]2C[C@@H](O)CN2C(=O)[C@@H](NC(=O)CCOCCOCCOCCOCCC(=O)N2CCN(c3ccc(C(=O)N4CCC(CCCCNC(=O)/C=C/c5cccnc5)CC4)cc3)CC2)C(C)(C)C)cc1. The van der Waals surface area contributed by atoms with Crippen LogP contribution in [0.2, 0.25) is 0 Å². The summed E-state index contributed by atoms with van der Waals surface area (Å²) in [5.41, 5.74) is 6.64. The number of amides is 6. The molecule has 3 aliphatic rings. The predicted octanol–water partition coefficient (Wildman–Crippen LogP) is 5.67. The number of likely N-dealkylation sites (tertiary alicyclic amines) is 2. The maximum atomic E-state index is 14.0. The quantitative estimate of drug-likeness (QED) is 0.0364. The molecule has 3 atom stereocenters. The molecule has 3 aliphatic heterocycles. The molecule has 4 N–H and O–H groups in total. The fourth-order valence-corrected chi connectivity index (χ4v) is 11.2. The Labute approximate surface area is 492 Å². The fourth-order valence-electron chi connectivity index (χ4n) is 10.4. The molecule has 6 amide bonds. The van der Waals surface area contributed by atoms with Crippen LogP contribution in [0.15, 0.2) is 84.6 Å². The molecule has 3 saturated heterocycles. The van der Waals surface area contributed by atoms with Crippen LogP contribution in [0.5, 0.6) is 0 Å². The second-order valence-electron chi connectivity index (χ2n) is 22.5. The number of pyridine rings is 1. The molecule has 0 unspecified atom stereocenters. The highest BCUT2D eigenvalue weighted by Crippen LogP contribution is 2.29. The van der Waals surface area contributed by atoms with E-state index in [-0.39, 0.29) is 75.1 Å². The number of unbranched alkanes of at least 4 members (excludes halogenated alkanes) is 1. The van der Waals surface area contributed by atoms with Crippen molar-refractivity contribution in [1.29, 1.82) is 0 Å². The van der Waals surface area contributed by atoms with E-state index in [9.17, 15) is 33.9 Å². The van der Waals surface area contributed by atoms with Crippen molar-refractivity contribution in [3.8, 4) is 10.4 Å². The molecule has 2 aromatic carbocycles. The van der Waals surface area contributed by atoms with E-state index in [0.29, 0.717) is 83.8 Å². The van der Waals surface area contributed by atoms with Crippen molar-refractivity contribution in [1.82, 2.24) is 40.6 Å². The summed E-state index contributed by atoms with van der Waals surface area (Å²) < 4.78 is 22.5. The second kappa shape index (κ2) is 33.0. The number of hydrogen-bond donors (Lipinski definition) is 4. The molecule has 5 heterocycles. The third-order valence-electron chi connectivity index (χ3n) is 15.2. The minimum atomic E-state index is -0.938. The average Bonchev–Trinajstić information content (AvgIpc) is 4.35. The number of β-amino-alcohol motifs (C(OH)–C–C–N with tert-alkyl or cyclic N) is 1. The van der Waals surface area contributed by atoms with Crippen molar-refractivity contribution < 1.29 is 52.8 Å². The van der Waals surface area contributed by atoms with E-state index in [1.54, 1.807) is 29.8 Å². The Bertz CT molecular complexity index is 2710. The normalized spacial score (nSPS) is 17.2. The number of nitrogens with zero attached hydrogens (tertiary/aromatic N) is 6. The molecule has 0 bridgehead atoms. The number of piperidine rings is 1. The standard InChI is InChI=1S/C62H85N9O11S/c1-45-57(83-44-66-45)49-13-10-48(11-14-49)42-65-59(76)53-40-52(72)43-71(53)61(78)58(62(2,3)4)67-55(74)22-32-79-34-36-81-38-39-82-37-35-80-33-23-56(75)69-30-28-68(29-31-69)51-17-15-50(16-18-51)60(77)70-26-20-46(21-27-70)8-5-6-25-64-54(73)19-12-47-9-7-24-63-41-47/h7,9-19,24,41,44,46,52-53,58,72H,5-6,8,20-23,25-40,42-43H2,1-4H3,(H,64,73)(H,65,76)(H,67,74)/b19-12+/t52-,53+,58-/m1/s1. The largest absolute Gasteiger partial charge is 0.391 e. The maximum absolute atomic E-state index is 14.0. The van der Waals surface area contributed by atoms with E-state index >= 15 is 0 Å². The van der Waals surface area contributed by atoms with Crippen molar-refractivity contribution >= 4 is 58.5 Å². The highest BCUT2D eigenvalue weighted by molar-refractivity contribution is 7.13. The number of aromatic nitrogens is 2. The maximum Gasteiger partial charge on any atom is 0.253 e.